The SMILES string of the molecule is O=C(CCCO)Oc1c(Cl)cc(Br)cc1Br. The van der Waals surface area contributed by atoms with Crippen molar-refractivity contribution in [1.29, 1.82) is 0 Å². The van der Waals surface area contributed by atoms with E-state index in [-0.39, 0.29) is 13.0 Å². The predicted molar refractivity (Wildman–Crippen MR) is 68.8 cm³/mol. The molecule has 0 aromatic heterocycles. The molecular weight excluding hydrogens is 363 g/mol. The summed E-state index contributed by atoms with van der Waals surface area (Å²) in [7, 11) is 0. The van der Waals surface area contributed by atoms with E-state index in [0.29, 0.717) is 21.7 Å². The van der Waals surface area contributed by atoms with Gasteiger partial charge in [-0.1, -0.05) is 27.5 Å². The average Bonchev–Trinajstić information content (AvgIpc) is 2.20. The van der Waals surface area contributed by atoms with Gasteiger partial charge in [-0.2, -0.15) is 0 Å². The number of hydrogen-bond acceptors (Lipinski definition) is 3. The van der Waals surface area contributed by atoms with Crippen molar-refractivity contribution in [2.75, 3.05) is 6.61 Å². The summed E-state index contributed by atoms with van der Waals surface area (Å²) in [6.07, 6.45) is 0.542. The molecule has 0 spiro atoms. The quantitative estimate of drug-likeness (QED) is 0.650. The van der Waals surface area contributed by atoms with Crippen LogP contribution in [0.1, 0.15) is 12.8 Å². The Bertz CT molecular complexity index is 373. The number of carbonyl (C=O) groups excluding carboxylic acids is 1. The molecule has 88 valence electrons. The monoisotopic (exact) mass is 370 g/mol. The normalized spacial score (nSPS) is 10.2. The van der Waals surface area contributed by atoms with E-state index in [2.05, 4.69) is 31.9 Å². The van der Waals surface area contributed by atoms with Gasteiger partial charge >= 0.3 is 5.97 Å². The Kier molecular flexibility index (Phi) is 5.75. The topological polar surface area (TPSA) is 46.5 Å². The van der Waals surface area contributed by atoms with Gasteiger partial charge in [-0.3, -0.25) is 4.79 Å². The molecule has 1 aromatic rings. The molecule has 0 atom stereocenters. The number of carbonyl (C=O) groups is 1. The fourth-order valence-electron chi connectivity index (χ4n) is 1.01. The van der Waals surface area contributed by atoms with Crippen LogP contribution in [0.4, 0.5) is 0 Å². The molecule has 0 aliphatic carbocycles. The summed E-state index contributed by atoms with van der Waals surface area (Å²) in [4.78, 5) is 11.3. The zero-order valence-electron chi connectivity index (χ0n) is 8.17. The lowest BCUT2D eigenvalue weighted by molar-refractivity contribution is -0.134. The molecule has 0 aliphatic rings. The molecule has 0 aliphatic heterocycles. The third-order valence-electron chi connectivity index (χ3n) is 1.72. The third-order valence-corrected chi connectivity index (χ3v) is 3.05. The van der Waals surface area contributed by atoms with Gasteiger partial charge in [-0.25, -0.2) is 0 Å². The predicted octanol–water partition coefficient (Wildman–Crippen LogP) is 3.54. The van der Waals surface area contributed by atoms with E-state index in [1.165, 1.54) is 0 Å². The van der Waals surface area contributed by atoms with Crippen LogP contribution in [0, 0.1) is 0 Å². The number of halogens is 3. The number of hydrogen-bond donors (Lipinski definition) is 1. The Morgan fingerprint density at radius 1 is 1.44 bits per heavy atom. The summed E-state index contributed by atoms with van der Waals surface area (Å²) < 4.78 is 6.48. The maximum atomic E-state index is 11.3. The number of ether oxygens (including phenoxy) is 1. The van der Waals surface area contributed by atoms with Crippen molar-refractivity contribution >= 4 is 49.4 Å². The van der Waals surface area contributed by atoms with Gasteiger partial charge in [0.05, 0.1) is 9.50 Å². The first-order chi connectivity index (χ1) is 7.54. The summed E-state index contributed by atoms with van der Waals surface area (Å²) in [5.41, 5.74) is 0. The fraction of sp³-hybridized carbons (Fsp3) is 0.300. The fourth-order valence-corrected chi connectivity index (χ4v) is 2.82. The Morgan fingerprint density at radius 2 is 2.12 bits per heavy atom. The number of esters is 1. The molecule has 16 heavy (non-hydrogen) atoms. The Balaban J connectivity index is 2.77. The van der Waals surface area contributed by atoms with Crippen LogP contribution in [0.25, 0.3) is 0 Å². The van der Waals surface area contributed by atoms with Crippen LogP contribution in [0.15, 0.2) is 21.1 Å². The Hall–Kier alpha value is -0.100. The first kappa shape index (κ1) is 14.0. The first-order valence-electron chi connectivity index (χ1n) is 4.50. The van der Waals surface area contributed by atoms with Crippen molar-refractivity contribution in [2.24, 2.45) is 0 Å². The summed E-state index contributed by atoms with van der Waals surface area (Å²) in [6.45, 7) is -0.0374. The molecule has 0 fully saturated rings. The van der Waals surface area contributed by atoms with Gasteiger partial charge in [0.15, 0.2) is 5.75 Å². The highest BCUT2D eigenvalue weighted by Gasteiger charge is 2.12. The van der Waals surface area contributed by atoms with E-state index in [9.17, 15) is 4.79 Å². The molecule has 0 saturated heterocycles. The van der Waals surface area contributed by atoms with Gasteiger partial charge in [0.1, 0.15) is 0 Å². The van der Waals surface area contributed by atoms with Gasteiger partial charge in [-0.15, -0.1) is 0 Å². The minimum Gasteiger partial charge on any atom is -0.424 e. The molecule has 3 nitrogen and oxygen atoms in total. The minimum atomic E-state index is -0.418. The highest BCUT2D eigenvalue weighted by Crippen LogP contribution is 2.36. The van der Waals surface area contributed by atoms with Crippen LogP contribution in [0.3, 0.4) is 0 Å². The van der Waals surface area contributed by atoms with Gasteiger partial charge < -0.3 is 9.84 Å². The molecule has 0 radical (unpaired) electrons. The van der Waals surface area contributed by atoms with E-state index >= 15 is 0 Å². The van der Waals surface area contributed by atoms with Crippen molar-refractivity contribution in [3.63, 3.8) is 0 Å². The van der Waals surface area contributed by atoms with Crippen LogP contribution in [-0.4, -0.2) is 17.7 Å². The van der Waals surface area contributed by atoms with Crippen molar-refractivity contribution in [3.05, 3.63) is 26.1 Å². The molecular formula is C10H9Br2ClO3. The van der Waals surface area contributed by atoms with Crippen molar-refractivity contribution in [3.8, 4) is 5.75 Å². The van der Waals surface area contributed by atoms with E-state index in [4.69, 9.17) is 21.4 Å². The zero-order valence-corrected chi connectivity index (χ0v) is 12.1. The molecule has 0 heterocycles. The van der Waals surface area contributed by atoms with Crippen LogP contribution < -0.4 is 4.74 Å². The molecule has 0 bridgehead atoms. The lowest BCUT2D eigenvalue weighted by Crippen LogP contribution is -2.09. The van der Waals surface area contributed by atoms with Gasteiger partial charge in [-0.05, 0) is 34.5 Å². The van der Waals surface area contributed by atoms with Gasteiger partial charge in [0.2, 0.25) is 0 Å². The molecule has 1 rings (SSSR count). The summed E-state index contributed by atoms with van der Waals surface area (Å²) in [5.74, 6) is -0.119. The maximum Gasteiger partial charge on any atom is 0.311 e. The second-order valence-electron chi connectivity index (χ2n) is 3.00. The highest BCUT2D eigenvalue weighted by atomic mass is 79.9. The van der Waals surface area contributed by atoms with Crippen LogP contribution in [-0.2, 0) is 4.79 Å². The van der Waals surface area contributed by atoms with Crippen molar-refractivity contribution in [2.45, 2.75) is 12.8 Å². The summed E-state index contributed by atoms with van der Waals surface area (Å²) >= 11 is 12.4. The Morgan fingerprint density at radius 3 is 2.69 bits per heavy atom. The van der Waals surface area contributed by atoms with E-state index in [1.54, 1.807) is 12.1 Å². The lowest BCUT2D eigenvalue weighted by Gasteiger charge is -2.08. The number of rotatable bonds is 4. The third kappa shape index (κ3) is 4.05. The summed E-state index contributed by atoms with van der Waals surface area (Å²) in [5, 5.41) is 8.92. The molecule has 6 heteroatoms. The van der Waals surface area contributed by atoms with Crippen molar-refractivity contribution < 1.29 is 14.6 Å². The first-order valence-corrected chi connectivity index (χ1v) is 6.47. The van der Waals surface area contributed by atoms with Gasteiger partial charge in [0, 0.05) is 17.5 Å². The zero-order chi connectivity index (χ0) is 12.1. The van der Waals surface area contributed by atoms with Gasteiger partial charge in [0.25, 0.3) is 0 Å². The van der Waals surface area contributed by atoms with E-state index < -0.39 is 5.97 Å². The lowest BCUT2D eigenvalue weighted by atomic mass is 10.3. The second-order valence-corrected chi connectivity index (χ2v) is 5.18. The smallest absolute Gasteiger partial charge is 0.311 e. The molecule has 1 aromatic carbocycles. The Labute approximate surface area is 115 Å². The highest BCUT2D eigenvalue weighted by molar-refractivity contribution is 9.11. The summed E-state index contributed by atoms with van der Waals surface area (Å²) in [6, 6.07) is 3.38. The minimum absolute atomic E-state index is 0.0374. The largest absolute Gasteiger partial charge is 0.424 e. The van der Waals surface area contributed by atoms with E-state index in [0.717, 1.165) is 4.47 Å². The van der Waals surface area contributed by atoms with Crippen LogP contribution >= 0.6 is 43.5 Å². The number of benzene rings is 1. The standard InChI is InChI=1S/C10H9Br2ClO3/c11-6-4-7(12)10(8(13)5-6)16-9(15)2-1-3-14/h4-5,14H,1-3H2. The second kappa shape index (κ2) is 6.59. The van der Waals surface area contributed by atoms with Crippen molar-refractivity contribution in [1.82, 2.24) is 0 Å². The van der Waals surface area contributed by atoms with E-state index in [1.807, 2.05) is 0 Å². The molecule has 0 amide bonds. The van der Waals surface area contributed by atoms with Crippen LogP contribution in [0.5, 0.6) is 5.75 Å². The van der Waals surface area contributed by atoms with Crippen LogP contribution in [0.2, 0.25) is 5.02 Å². The molecule has 0 saturated carbocycles. The average molecular weight is 372 g/mol. The maximum absolute atomic E-state index is 11.3. The molecule has 0 unspecified atom stereocenters. The number of aliphatic hydroxyl groups is 1. The number of aliphatic hydroxyl groups excluding tert-OH is 1. The molecule has 1 N–H and O–H groups in total.